The molecular weight excluding hydrogens is 98.1 g/mol. The first kappa shape index (κ1) is 5.67. The Hall–Kier alpha value is -0.460. The van der Waals surface area contributed by atoms with Crippen LogP contribution in [0.4, 0.5) is 0 Å². The van der Waals surface area contributed by atoms with E-state index in [-0.39, 0.29) is 0 Å². The lowest BCUT2D eigenvalue weighted by Gasteiger charge is -2.23. The Labute approximate surface area is 51.0 Å². The number of likely N-dealkylation sites (tertiary alicyclic amines) is 1. The summed E-state index contributed by atoms with van der Waals surface area (Å²) in [6.07, 6.45) is 6.06. The molecule has 0 aromatic heterocycles. The molecule has 1 heterocycles. The number of hydrogen-bond donors (Lipinski definition) is 0. The Morgan fingerprint density at radius 2 is 1.75 bits per heavy atom. The minimum atomic E-state index is 1.23. The maximum absolute atomic E-state index is 3.71. The van der Waals surface area contributed by atoms with E-state index in [9.17, 15) is 0 Å². The van der Waals surface area contributed by atoms with Crippen molar-refractivity contribution in [2.75, 3.05) is 13.1 Å². The number of rotatable bonds is 1. The maximum Gasteiger partial charge on any atom is 0.0172 e. The van der Waals surface area contributed by atoms with Gasteiger partial charge in [-0.1, -0.05) is 6.58 Å². The quantitative estimate of drug-likeness (QED) is 0.497. The summed E-state index contributed by atoms with van der Waals surface area (Å²) in [7, 11) is 0. The number of nitrogens with zero attached hydrogens (tertiary/aromatic N) is 1. The van der Waals surface area contributed by atoms with Crippen molar-refractivity contribution in [3.8, 4) is 0 Å². The van der Waals surface area contributed by atoms with Gasteiger partial charge in [0.2, 0.25) is 0 Å². The van der Waals surface area contributed by atoms with E-state index in [4.69, 9.17) is 0 Å². The average molecular weight is 111 g/mol. The van der Waals surface area contributed by atoms with Crippen LogP contribution >= 0.6 is 0 Å². The molecule has 46 valence electrons. The zero-order valence-corrected chi connectivity index (χ0v) is 5.27. The highest BCUT2D eigenvalue weighted by atomic mass is 15.1. The van der Waals surface area contributed by atoms with Crippen molar-refractivity contribution in [3.63, 3.8) is 0 Å². The van der Waals surface area contributed by atoms with E-state index < -0.39 is 0 Å². The summed E-state index contributed by atoms with van der Waals surface area (Å²) in [5.41, 5.74) is 0. The maximum atomic E-state index is 3.71. The first-order valence-corrected chi connectivity index (χ1v) is 3.30. The fourth-order valence-corrected chi connectivity index (χ4v) is 1.10. The first-order chi connectivity index (χ1) is 3.93. The molecule has 0 saturated carbocycles. The largest absolute Gasteiger partial charge is 0.378 e. The van der Waals surface area contributed by atoms with Crippen LogP contribution in [0.25, 0.3) is 0 Å². The molecule has 0 radical (unpaired) electrons. The molecule has 0 N–H and O–H groups in total. The van der Waals surface area contributed by atoms with Crippen LogP contribution in [0.1, 0.15) is 19.3 Å². The lowest BCUT2D eigenvalue weighted by Crippen LogP contribution is -2.23. The van der Waals surface area contributed by atoms with Gasteiger partial charge in [0.15, 0.2) is 0 Å². The van der Waals surface area contributed by atoms with Crippen LogP contribution in [0.15, 0.2) is 12.8 Å². The lowest BCUT2D eigenvalue weighted by atomic mass is 10.1. The molecule has 1 heteroatoms. The Morgan fingerprint density at radius 3 is 2.12 bits per heavy atom. The van der Waals surface area contributed by atoms with Crippen LogP contribution in [-0.4, -0.2) is 18.0 Å². The van der Waals surface area contributed by atoms with Gasteiger partial charge < -0.3 is 4.90 Å². The SMILES string of the molecule is C=CN1CCCCC1. The summed E-state index contributed by atoms with van der Waals surface area (Å²) < 4.78 is 0. The van der Waals surface area contributed by atoms with E-state index in [0.29, 0.717) is 0 Å². The topological polar surface area (TPSA) is 3.24 Å². The van der Waals surface area contributed by atoms with E-state index in [1.807, 2.05) is 6.20 Å². The zero-order valence-electron chi connectivity index (χ0n) is 5.27. The molecule has 0 atom stereocenters. The summed E-state index contributed by atoms with van der Waals surface area (Å²) in [5, 5.41) is 0. The highest BCUT2D eigenvalue weighted by Gasteiger charge is 2.02. The Morgan fingerprint density at radius 1 is 1.12 bits per heavy atom. The average Bonchev–Trinajstić information content (AvgIpc) is 1.90. The van der Waals surface area contributed by atoms with Crippen LogP contribution in [-0.2, 0) is 0 Å². The molecule has 0 bridgehead atoms. The second-order valence-electron chi connectivity index (χ2n) is 2.28. The van der Waals surface area contributed by atoms with Crippen molar-refractivity contribution in [2.24, 2.45) is 0 Å². The molecule has 0 aromatic carbocycles. The predicted octanol–water partition coefficient (Wildman–Crippen LogP) is 1.62. The van der Waals surface area contributed by atoms with Gasteiger partial charge >= 0.3 is 0 Å². The normalized spacial score (nSPS) is 20.8. The van der Waals surface area contributed by atoms with Crippen molar-refractivity contribution in [1.82, 2.24) is 4.90 Å². The molecule has 1 aliphatic rings. The Bertz CT molecular complexity index is 72.5. The fourth-order valence-electron chi connectivity index (χ4n) is 1.10. The lowest BCUT2D eigenvalue weighted by molar-refractivity contribution is 0.310. The fraction of sp³-hybridized carbons (Fsp3) is 0.714. The third-order valence-corrected chi connectivity index (χ3v) is 1.65. The minimum absolute atomic E-state index is 1.23. The summed E-state index contributed by atoms with van der Waals surface area (Å²) in [4.78, 5) is 2.28. The highest BCUT2D eigenvalue weighted by Crippen LogP contribution is 2.07. The molecule has 0 unspecified atom stereocenters. The monoisotopic (exact) mass is 111 g/mol. The van der Waals surface area contributed by atoms with Crippen LogP contribution in [0.2, 0.25) is 0 Å². The van der Waals surface area contributed by atoms with Crippen molar-refractivity contribution < 1.29 is 0 Å². The molecule has 1 nitrogen and oxygen atoms in total. The van der Waals surface area contributed by atoms with Crippen molar-refractivity contribution in [2.45, 2.75) is 19.3 Å². The third-order valence-electron chi connectivity index (χ3n) is 1.65. The van der Waals surface area contributed by atoms with E-state index in [1.54, 1.807) is 0 Å². The molecular formula is C7H13N. The summed E-state index contributed by atoms with van der Waals surface area (Å²) >= 11 is 0. The Kier molecular flexibility index (Phi) is 1.95. The molecule has 0 aliphatic carbocycles. The van der Waals surface area contributed by atoms with Gasteiger partial charge in [0.1, 0.15) is 0 Å². The second kappa shape index (κ2) is 2.75. The van der Waals surface area contributed by atoms with E-state index in [2.05, 4.69) is 11.5 Å². The summed E-state index contributed by atoms with van der Waals surface area (Å²) in [6, 6.07) is 0. The number of piperidine rings is 1. The standard InChI is InChI=1S/C7H13N/c1-2-8-6-4-3-5-7-8/h2H,1,3-7H2. The van der Waals surface area contributed by atoms with Crippen molar-refractivity contribution >= 4 is 0 Å². The van der Waals surface area contributed by atoms with E-state index >= 15 is 0 Å². The van der Waals surface area contributed by atoms with E-state index in [0.717, 1.165) is 0 Å². The van der Waals surface area contributed by atoms with Gasteiger partial charge in [-0.15, -0.1) is 0 Å². The van der Waals surface area contributed by atoms with E-state index in [1.165, 1.54) is 32.4 Å². The predicted molar refractivity (Wildman–Crippen MR) is 35.6 cm³/mol. The van der Waals surface area contributed by atoms with Gasteiger partial charge in [0.25, 0.3) is 0 Å². The number of hydrogen-bond acceptors (Lipinski definition) is 1. The minimum Gasteiger partial charge on any atom is -0.378 e. The molecule has 1 saturated heterocycles. The first-order valence-electron chi connectivity index (χ1n) is 3.30. The zero-order chi connectivity index (χ0) is 5.82. The molecule has 1 fully saturated rings. The van der Waals surface area contributed by atoms with Gasteiger partial charge in [-0.2, -0.15) is 0 Å². The van der Waals surface area contributed by atoms with Crippen molar-refractivity contribution in [3.05, 3.63) is 12.8 Å². The van der Waals surface area contributed by atoms with Crippen LogP contribution in [0.5, 0.6) is 0 Å². The third kappa shape index (κ3) is 1.25. The smallest absolute Gasteiger partial charge is 0.0172 e. The highest BCUT2D eigenvalue weighted by molar-refractivity contribution is 4.73. The van der Waals surface area contributed by atoms with Gasteiger partial charge in [-0.25, -0.2) is 0 Å². The molecule has 0 spiro atoms. The van der Waals surface area contributed by atoms with Gasteiger partial charge in [-0.3, -0.25) is 0 Å². The molecule has 8 heavy (non-hydrogen) atoms. The molecule has 1 rings (SSSR count). The second-order valence-corrected chi connectivity index (χ2v) is 2.28. The summed E-state index contributed by atoms with van der Waals surface area (Å²) in [5.74, 6) is 0. The van der Waals surface area contributed by atoms with Crippen LogP contribution in [0, 0.1) is 0 Å². The van der Waals surface area contributed by atoms with Gasteiger partial charge in [0.05, 0.1) is 0 Å². The van der Waals surface area contributed by atoms with Crippen LogP contribution < -0.4 is 0 Å². The van der Waals surface area contributed by atoms with Gasteiger partial charge in [-0.05, 0) is 25.5 Å². The Balaban J connectivity index is 2.22. The molecule has 0 amide bonds. The summed E-state index contributed by atoms with van der Waals surface area (Å²) in [6.45, 7) is 6.16. The van der Waals surface area contributed by atoms with Crippen molar-refractivity contribution in [1.29, 1.82) is 0 Å². The van der Waals surface area contributed by atoms with Gasteiger partial charge in [0, 0.05) is 13.1 Å². The molecule has 1 aliphatic heterocycles. The van der Waals surface area contributed by atoms with Crippen LogP contribution in [0.3, 0.4) is 0 Å². The molecule has 0 aromatic rings.